The van der Waals surface area contributed by atoms with Crippen LogP contribution in [0.5, 0.6) is 0 Å². The first-order valence-corrected chi connectivity index (χ1v) is 5.91. The second kappa shape index (κ2) is 6.21. The van der Waals surface area contributed by atoms with Crippen LogP contribution in [0.3, 0.4) is 0 Å². The fraction of sp³-hybridized carbons (Fsp3) is 0.385. The second-order valence-corrected chi connectivity index (χ2v) is 4.46. The summed E-state index contributed by atoms with van der Waals surface area (Å²) in [5, 5.41) is 12.4. The monoisotopic (exact) mass is 247 g/mol. The van der Waals surface area contributed by atoms with Gasteiger partial charge in [-0.2, -0.15) is 5.26 Å². The molecular weight excluding hydrogens is 230 g/mol. The summed E-state index contributed by atoms with van der Waals surface area (Å²) in [5.74, 6) is 0. The molecule has 0 aromatic heterocycles. The lowest BCUT2D eigenvalue weighted by atomic mass is 10.1. The van der Waals surface area contributed by atoms with Crippen LogP contribution in [0.1, 0.15) is 17.5 Å². The van der Waals surface area contributed by atoms with Crippen LogP contribution in [0.25, 0.3) is 0 Å². The maximum Gasteiger partial charge on any atom is 0.173 e. The van der Waals surface area contributed by atoms with Gasteiger partial charge in [0.2, 0.25) is 0 Å². The van der Waals surface area contributed by atoms with E-state index in [1.807, 2.05) is 25.8 Å². The average Bonchev–Trinajstić information content (AvgIpc) is 2.30. The summed E-state index contributed by atoms with van der Waals surface area (Å²) in [4.78, 5) is 1.88. The number of nitriles is 1. The zero-order valence-electron chi connectivity index (χ0n) is 10.4. The molecule has 0 atom stereocenters. The van der Waals surface area contributed by atoms with E-state index >= 15 is 0 Å². The molecule has 0 fully saturated rings. The molecule has 1 aromatic carbocycles. The minimum Gasteiger partial charge on any atom is -0.351 e. The molecule has 0 aliphatic heterocycles. The molecule has 1 aromatic rings. The molecule has 1 rings (SSSR count). The fourth-order valence-corrected chi connectivity index (χ4v) is 1.60. The van der Waals surface area contributed by atoms with Gasteiger partial charge in [-0.05, 0) is 43.3 Å². The van der Waals surface area contributed by atoms with Gasteiger partial charge in [0.1, 0.15) is 0 Å². The molecule has 0 bridgehead atoms. The molecule has 0 amide bonds. The van der Waals surface area contributed by atoms with Crippen LogP contribution < -0.4 is 5.32 Å². The summed E-state index contributed by atoms with van der Waals surface area (Å²) in [6.07, 6.45) is 0.477. The number of aryl methyl sites for hydroxylation is 2. The smallest absolute Gasteiger partial charge is 0.173 e. The van der Waals surface area contributed by atoms with E-state index in [9.17, 15) is 0 Å². The van der Waals surface area contributed by atoms with E-state index in [-0.39, 0.29) is 0 Å². The summed E-state index contributed by atoms with van der Waals surface area (Å²) >= 11 is 5.28. The maximum absolute atomic E-state index is 8.53. The minimum atomic E-state index is 0.477. The van der Waals surface area contributed by atoms with Crippen LogP contribution in [0, 0.1) is 25.2 Å². The number of hydrogen-bond acceptors (Lipinski definition) is 2. The third-order valence-electron chi connectivity index (χ3n) is 2.54. The molecule has 0 aliphatic rings. The van der Waals surface area contributed by atoms with Crippen molar-refractivity contribution in [1.29, 1.82) is 5.26 Å². The molecule has 0 aliphatic carbocycles. The van der Waals surface area contributed by atoms with Gasteiger partial charge < -0.3 is 10.2 Å². The largest absolute Gasteiger partial charge is 0.351 e. The van der Waals surface area contributed by atoms with Crippen LogP contribution in [0.15, 0.2) is 18.2 Å². The molecule has 0 spiro atoms. The van der Waals surface area contributed by atoms with Gasteiger partial charge in [-0.3, -0.25) is 0 Å². The van der Waals surface area contributed by atoms with Gasteiger partial charge in [0, 0.05) is 19.3 Å². The molecule has 1 N–H and O–H groups in total. The van der Waals surface area contributed by atoms with E-state index in [0.29, 0.717) is 18.1 Å². The van der Waals surface area contributed by atoms with Crippen molar-refractivity contribution >= 4 is 23.0 Å². The highest BCUT2D eigenvalue weighted by molar-refractivity contribution is 7.80. The Bertz CT molecular complexity index is 448. The normalized spacial score (nSPS) is 9.53. The van der Waals surface area contributed by atoms with E-state index in [2.05, 4.69) is 29.6 Å². The molecule has 4 heteroatoms. The van der Waals surface area contributed by atoms with Crippen molar-refractivity contribution < 1.29 is 0 Å². The topological polar surface area (TPSA) is 39.1 Å². The van der Waals surface area contributed by atoms with Crippen molar-refractivity contribution in [1.82, 2.24) is 4.90 Å². The SMILES string of the molecule is Cc1ccc(C)c(NC(=S)N(C)CCC#N)c1. The number of rotatable bonds is 3. The molecule has 0 radical (unpaired) electrons. The number of nitrogens with zero attached hydrogens (tertiary/aromatic N) is 2. The summed E-state index contributed by atoms with van der Waals surface area (Å²) in [7, 11) is 1.89. The Labute approximate surface area is 108 Å². The van der Waals surface area contributed by atoms with Crippen molar-refractivity contribution in [3.8, 4) is 6.07 Å². The van der Waals surface area contributed by atoms with Crippen LogP contribution >= 0.6 is 12.2 Å². The molecular formula is C13H17N3S. The van der Waals surface area contributed by atoms with Gasteiger partial charge in [-0.15, -0.1) is 0 Å². The summed E-state index contributed by atoms with van der Waals surface area (Å²) in [6, 6.07) is 8.32. The highest BCUT2D eigenvalue weighted by Gasteiger charge is 2.05. The molecule has 17 heavy (non-hydrogen) atoms. The standard InChI is InChI=1S/C13H17N3S/c1-10-5-6-11(2)12(9-10)15-13(17)16(3)8-4-7-14/h5-6,9H,4,8H2,1-3H3,(H,15,17). The highest BCUT2D eigenvalue weighted by atomic mass is 32.1. The summed E-state index contributed by atoms with van der Waals surface area (Å²) in [5.41, 5.74) is 3.38. The predicted molar refractivity (Wildman–Crippen MR) is 75.0 cm³/mol. The average molecular weight is 247 g/mol. The molecule has 0 heterocycles. The fourth-order valence-electron chi connectivity index (χ4n) is 1.40. The Balaban J connectivity index is 2.68. The zero-order valence-corrected chi connectivity index (χ0v) is 11.3. The maximum atomic E-state index is 8.53. The van der Waals surface area contributed by atoms with E-state index in [0.717, 1.165) is 11.3 Å². The Morgan fingerprint density at radius 1 is 1.47 bits per heavy atom. The first-order valence-electron chi connectivity index (χ1n) is 5.51. The lowest BCUT2D eigenvalue weighted by Crippen LogP contribution is -2.31. The molecule has 0 saturated carbocycles. The van der Waals surface area contributed by atoms with Gasteiger partial charge in [0.25, 0.3) is 0 Å². The summed E-state index contributed by atoms with van der Waals surface area (Å²) < 4.78 is 0. The first-order chi connectivity index (χ1) is 8.04. The third kappa shape index (κ3) is 4.04. The van der Waals surface area contributed by atoms with Crippen LogP contribution in [0.4, 0.5) is 5.69 Å². The van der Waals surface area contributed by atoms with Crippen LogP contribution in [-0.2, 0) is 0 Å². The van der Waals surface area contributed by atoms with E-state index < -0.39 is 0 Å². The van der Waals surface area contributed by atoms with E-state index in [4.69, 9.17) is 17.5 Å². The highest BCUT2D eigenvalue weighted by Crippen LogP contribution is 2.16. The van der Waals surface area contributed by atoms with Gasteiger partial charge in [0.15, 0.2) is 5.11 Å². The van der Waals surface area contributed by atoms with Gasteiger partial charge in [0.05, 0.1) is 12.5 Å². The van der Waals surface area contributed by atoms with Gasteiger partial charge in [-0.1, -0.05) is 12.1 Å². The van der Waals surface area contributed by atoms with Crippen LogP contribution in [-0.4, -0.2) is 23.6 Å². The van der Waals surface area contributed by atoms with Crippen molar-refractivity contribution in [3.63, 3.8) is 0 Å². The Morgan fingerprint density at radius 3 is 2.82 bits per heavy atom. The lowest BCUT2D eigenvalue weighted by Gasteiger charge is -2.20. The number of thiocarbonyl (C=S) groups is 1. The van der Waals surface area contributed by atoms with Crippen molar-refractivity contribution in [3.05, 3.63) is 29.3 Å². The predicted octanol–water partition coefficient (Wildman–Crippen LogP) is 2.85. The molecule has 0 unspecified atom stereocenters. The molecule has 90 valence electrons. The van der Waals surface area contributed by atoms with E-state index in [1.54, 1.807) is 0 Å². The van der Waals surface area contributed by atoms with Gasteiger partial charge in [-0.25, -0.2) is 0 Å². The second-order valence-electron chi connectivity index (χ2n) is 4.08. The number of nitrogens with one attached hydrogen (secondary N) is 1. The first kappa shape index (κ1) is 13.5. The Hall–Kier alpha value is -1.60. The number of hydrogen-bond donors (Lipinski definition) is 1. The minimum absolute atomic E-state index is 0.477. The quantitative estimate of drug-likeness (QED) is 0.834. The third-order valence-corrected chi connectivity index (χ3v) is 2.95. The Kier molecular flexibility index (Phi) is 4.92. The van der Waals surface area contributed by atoms with Crippen LogP contribution in [0.2, 0.25) is 0 Å². The van der Waals surface area contributed by atoms with Gasteiger partial charge >= 0.3 is 0 Å². The van der Waals surface area contributed by atoms with E-state index in [1.165, 1.54) is 5.56 Å². The summed E-state index contributed by atoms with van der Waals surface area (Å²) in [6.45, 7) is 4.74. The number of benzene rings is 1. The Morgan fingerprint density at radius 2 is 2.18 bits per heavy atom. The van der Waals surface area contributed by atoms with Crippen molar-refractivity contribution in [2.45, 2.75) is 20.3 Å². The molecule has 3 nitrogen and oxygen atoms in total. The number of anilines is 1. The lowest BCUT2D eigenvalue weighted by molar-refractivity contribution is 0.523. The van der Waals surface area contributed by atoms with Crippen molar-refractivity contribution in [2.75, 3.05) is 18.9 Å². The van der Waals surface area contributed by atoms with Crippen molar-refractivity contribution in [2.24, 2.45) is 0 Å². The molecule has 0 saturated heterocycles. The zero-order chi connectivity index (χ0) is 12.8.